The summed E-state index contributed by atoms with van der Waals surface area (Å²) < 4.78 is 5.33. The fraction of sp³-hybridized carbons (Fsp3) is 0.222. The molecule has 116 valence electrons. The molecule has 0 aliphatic heterocycles. The maximum Gasteiger partial charge on any atom is 0.260 e. The van der Waals surface area contributed by atoms with Crippen molar-refractivity contribution >= 4 is 33.7 Å². The summed E-state index contributed by atoms with van der Waals surface area (Å²) in [7, 11) is 1.64. The van der Waals surface area contributed by atoms with E-state index in [1.54, 1.807) is 18.4 Å². The van der Waals surface area contributed by atoms with E-state index in [-0.39, 0.29) is 5.56 Å². The Bertz CT molecular complexity index is 969. The highest BCUT2D eigenvalue weighted by atomic mass is 32.1. The zero-order valence-corrected chi connectivity index (χ0v) is 13.6. The van der Waals surface area contributed by atoms with Gasteiger partial charge in [-0.15, -0.1) is 11.3 Å². The Kier molecular flexibility index (Phi) is 3.50. The molecule has 23 heavy (non-hydrogen) atoms. The van der Waals surface area contributed by atoms with Crippen LogP contribution in [0.15, 0.2) is 29.1 Å². The van der Waals surface area contributed by atoms with Crippen molar-refractivity contribution in [2.24, 2.45) is 0 Å². The number of hydrogen-bond acceptors (Lipinski definition) is 4. The molecule has 4 nitrogen and oxygen atoms in total. The van der Waals surface area contributed by atoms with Crippen LogP contribution in [0, 0.1) is 0 Å². The zero-order valence-electron chi connectivity index (χ0n) is 12.8. The molecule has 0 amide bonds. The fourth-order valence-electron chi connectivity index (χ4n) is 3.07. The lowest BCUT2D eigenvalue weighted by Crippen LogP contribution is -2.09. The first-order chi connectivity index (χ1) is 11.3. The van der Waals surface area contributed by atoms with Gasteiger partial charge in [-0.25, -0.2) is 4.98 Å². The van der Waals surface area contributed by atoms with Gasteiger partial charge in [0.25, 0.3) is 5.56 Å². The van der Waals surface area contributed by atoms with Crippen LogP contribution >= 0.6 is 11.3 Å². The van der Waals surface area contributed by atoms with Crippen LogP contribution in [0.25, 0.3) is 22.4 Å². The predicted octanol–water partition coefficient (Wildman–Crippen LogP) is 3.65. The monoisotopic (exact) mass is 324 g/mol. The van der Waals surface area contributed by atoms with Gasteiger partial charge in [0.1, 0.15) is 16.4 Å². The highest BCUT2D eigenvalue weighted by molar-refractivity contribution is 7.18. The minimum atomic E-state index is -0.0333. The lowest BCUT2D eigenvalue weighted by Gasteiger charge is -2.03. The third-order valence-electron chi connectivity index (χ3n) is 4.15. The molecular weight excluding hydrogens is 308 g/mol. The van der Waals surface area contributed by atoms with Gasteiger partial charge in [0, 0.05) is 10.4 Å². The van der Waals surface area contributed by atoms with Crippen molar-refractivity contribution < 1.29 is 4.74 Å². The lowest BCUT2D eigenvalue weighted by molar-refractivity contribution is 0.414. The van der Waals surface area contributed by atoms with Crippen molar-refractivity contribution in [3.63, 3.8) is 0 Å². The molecule has 3 aromatic rings. The van der Waals surface area contributed by atoms with Crippen LogP contribution in [-0.2, 0) is 12.8 Å². The van der Waals surface area contributed by atoms with Crippen LogP contribution in [-0.4, -0.2) is 17.1 Å². The maximum atomic E-state index is 12.4. The molecule has 2 aromatic heterocycles. The number of fused-ring (bicyclic) bond motifs is 3. The van der Waals surface area contributed by atoms with Crippen LogP contribution in [0.4, 0.5) is 0 Å². The van der Waals surface area contributed by atoms with E-state index in [0.29, 0.717) is 5.82 Å². The van der Waals surface area contributed by atoms with Crippen molar-refractivity contribution in [1.82, 2.24) is 9.97 Å². The molecule has 0 fully saturated rings. The van der Waals surface area contributed by atoms with E-state index in [1.807, 2.05) is 36.4 Å². The molecule has 0 bridgehead atoms. The SMILES string of the molecule is COc1ccccc1/C=C/c1nc2sc3c(c2c(=O)[nH]1)CCC3. The van der Waals surface area contributed by atoms with Gasteiger partial charge in [0.05, 0.1) is 12.5 Å². The second-order valence-electron chi connectivity index (χ2n) is 5.56. The molecule has 0 unspecified atom stereocenters. The molecule has 2 heterocycles. The van der Waals surface area contributed by atoms with Crippen LogP contribution < -0.4 is 10.3 Å². The number of para-hydroxylation sites is 1. The number of nitrogens with one attached hydrogen (secondary N) is 1. The molecule has 0 spiro atoms. The number of aromatic amines is 1. The van der Waals surface area contributed by atoms with Crippen molar-refractivity contribution in [3.05, 3.63) is 56.4 Å². The van der Waals surface area contributed by atoms with Crippen LogP contribution in [0.3, 0.4) is 0 Å². The van der Waals surface area contributed by atoms with Crippen molar-refractivity contribution in [2.45, 2.75) is 19.3 Å². The number of nitrogens with zero attached hydrogens (tertiary/aromatic N) is 1. The predicted molar refractivity (Wildman–Crippen MR) is 94.2 cm³/mol. The molecule has 0 atom stereocenters. The first kappa shape index (κ1) is 14.2. The number of rotatable bonds is 3. The number of aromatic nitrogens is 2. The molecule has 1 N–H and O–H groups in total. The Morgan fingerprint density at radius 2 is 2.13 bits per heavy atom. The average molecular weight is 324 g/mol. The summed E-state index contributed by atoms with van der Waals surface area (Å²) in [4.78, 5) is 22.1. The molecule has 1 aliphatic rings. The molecule has 0 saturated carbocycles. The van der Waals surface area contributed by atoms with E-state index < -0.39 is 0 Å². The minimum Gasteiger partial charge on any atom is -0.496 e. The van der Waals surface area contributed by atoms with Gasteiger partial charge in [-0.1, -0.05) is 18.2 Å². The van der Waals surface area contributed by atoms with Crippen molar-refractivity contribution in [3.8, 4) is 5.75 Å². The van der Waals surface area contributed by atoms with Gasteiger partial charge in [-0.3, -0.25) is 4.79 Å². The van der Waals surface area contributed by atoms with Gasteiger partial charge >= 0.3 is 0 Å². The second kappa shape index (κ2) is 5.66. The summed E-state index contributed by atoms with van der Waals surface area (Å²) in [5.41, 5.74) is 2.12. The maximum absolute atomic E-state index is 12.4. The molecule has 1 aromatic carbocycles. The van der Waals surface area contributed by atoms with E-state index in [9.17, 15) is 4.79 Å². The summed E-state index contributed by atoms with van der Waals surface area (Å²) in [5.74, 6) is 1.37. The van der Waals surface area contributed by atoms with Gasteiger partial charge in [0.2, 0.25) is 0 Å². The Balaban J connectivity index is 1.75. The molecular formula is C18H16N2O2S. The van der Waals surface area contributed by atoms with E-state index >= 15 is 0 Å². The summed E-state index contributed by atoms with van der Waals surface area (Å²) >= 11 is 1.65. The number of H-pyrrole nitrogens is 1. The smallest absolute Gasteiger partial charge is 0.260 e. The molecule has 1 aliphatic carbocycles. The Morgan fingerprint density at radius 3 is 3.00 bits per heavy atom. The number of methoxy groups -OCH3 is 1. The zero-order chi connectivity index (χ0) is 15.8. The van der Waals surface area contributed by atoms with Gasteiger partial charge in [0.15, 0.2) is 0 Å². The highest BCUT2D eigenvalue weighted by Crippen LogP contribution is 2.34. The van der Waals surface area contributed by atoms with E-state index in [2.05, 4.69) is 9.97 Å². The lowest BCUT2D eigenvalue weighted by atomic mass is 10.2. The molecule has 0 saturated heterocycles. The topological polar surface area (TPSA) is 55.0 Å². The standard InChI is InChI=1S/C18H16N2O2S/c1-22-13-7-3-2-5-11(13)9-10-15-19-17(21)16-12-6-4-8-14(12)23-18(16)20-15/h2-3,5,7,9-10H,4,6,8H2,1H3,(H,19,20,21)/b10-9+. The van der Waals surface area contributed by atoms with E-state index in [0.717, 1.165) is 40.8 Å². The molecule has 4 rings (SSSR count). The Hall–Kier alpha value is -2.40. The summed E-state index contributed by atoms with van der Waals surface area (Å²) in [6, 6.07) is 7.75. The fourth-order valence-corrected chi connectivity index (χ4v) is 4.34. The number of hydrogen-bond donors (Lipinski definition) is 1. The van der Waals surface area contributed by atoms with Crippen LogP contribution in [0.2, 0.25) is 0 Å². The number of benzene rings is 1. The second-order valence-corrected chi connectivity index (χ2v) is 6.65. The van der Waals surface area contributed by atoms with Gasteiger partial charge in [-0.2, -0.15) is 0 Å². The third-order valence-corrected chi connectivity index (χ3v) is 5.34. The average Bonchev–Trinajstić information content (AvgIpc) is 3.13. The normalized spacial score (nSPS) is 13.8. The van der Waals surface area contributed by atoms with Crippen molar-refractivity contribution in [1.29, 1.82) is 0 Å². The first-order valence-corrected chi connectivity index (χ1v) is 8.43. The number of ether oxygens (including phenoxy) is 1. The Labute approximate surface area is 137 Å². The van der Waals surface area contributed by atoms with E-state index in [4.69, 9.17) is 4.74 Å². The highest BCUT2D eigenvalue weighted by Gasteiger charge is 2.20. The minimum absolute atomic E-state index is 0.0333. The van der Waals surface area contributed by atoms with Crippen LogP contribution in [0.5, 0.6) is 5.75 Å². The number of aryl methyl sites for hydroxylation is 2. The van der Waals surface area contributed by atoms with E-state index in [1.165, 1.54) is 10.4 Å². The largest absolute Gasteiger partial charge is 0.496 e. The Morgan fingerprint density at radius 1 is 1.26 bits per heavy atom. The quantitative estimate of drug-likeness (QED) is 0.800. The number of thiophene rings is 1. The van der Waals surface area contributed by atoms with Crippen LogP contribution in [0.1, 0.15) is 28.2 Å². The molecule has 5 heteroatoms. The molecule has 0 radical (unpaired) electrons. The van der Waals surface area contributed by atoms with Gasteiger partial charge in [-0.05, 0) is 43.0 Å². The summed E-state index contributed by atoms with van der Waals surface area (Å²) in [6.07, 6.45) is 6.94. The summed E-state index contributed by atoms with van der Waals surface area (Å²) in [6.45, 7) is 0. The summed E-state index contributed by atoms with van der Waals surface area (Å²) in [5, 5.41) is 0.789. The van der Waals surface area contributed by atoms with Crippen molar-refractivity contribution in [2.75, 3.05) is 7.11 Å². The first-order valence-electron chi connectivity index (χ1n) is 7.62. The van der Waals surface area contributed by atoms with Gasteiger partial charge < -0.3 is 9.72 Å². The third kappa shape index (κ3) is 2.47.